The molecule has 0 fully saturated rings. The van der Waals surface area contributed by atoms with Gasteiger partial charge in [-0.2, -0.15) is 0 Å². The maximum absolute atomic E-state index is 11.3. The van der Waals surface area contributed by atoms with Crippen molar-refractivity contribution >= 4 is 40.2 Å². The summed E-state index contributed by atoms with van der Waals surface area (Å²) in [7, 11) is 0. The van der Waals surface area contributed by atoms with E-state index in [4.69, 9.17) is 16.3 Å². The summed E-state index contributed by atoms with van der Waals surface area (Å²) in [4.78, 5) is 11.3. The minimum absolute atomic E-state index is 0.289. The Morgan fingerprint density at radius 1 is 1.20 bits per heavy atom. The molecule has 0 spiro atoms. The van der Waals surface area contributed by atoms with Crippen LogP contribution < -0.4 is 4.74 Å². The Balaban J connectivity index is 2.14. The molecule has 0 amide bonds. The molecule has 2 rings (SSSR count). The van der Waals surface area contributed by atoms with Gasteiger partial charge in [0.1, 0.15) is 5.75 Å². The molecular weight excluding hydrogens is 391 g/mol. The maximum Gasteiger partial charge on any atom is 0.345 e. The molecule has 0 aliphatic rings. The van der Waals surface area contributed by atoms with Crippen molar-refractivity contribution in [2.75, 3.05) is 0 Å². The first-order valence-electron chi connectivity index (χ1n) is 5.94. The van der Waals surface area contributed by atoms with Gasteiger partial charge in [-0.25, -0.2) is 4.79 Å². The minimum Gasteiger partial charge on any atom is -0.478 e. The normalized spacial score (nSPS) is 11.9. The topological polar surface area (TPSA) is 46.5 Å². The van der Waals surface area contributed by atoms with Gasteiger partial charge in [-0.1, -0.05) is 35.9 Å². The first-order valence-corrected chi connectivity index (χ1v) is 7.40. The van der Waals surface area contributed by atoms with Gasteiger partial charge in [-0.05, 0) is 52.4 Å². The Morgan fingerprint density at radius 2 is 1.85 bits per heavy atom. The lowest BCUT2D eigenvalue weighted by atomic mass is 10.1. The highest BCUT2D eigenvalue weighted by Crippen LogP contribution is 2.25. The monoisotopic (exact) mass is 402 g/mol. The zero-order valence-electron chi connectivity index (χ0n) is 10.4. The number of para-hydroxylation sites is 1. The molecule has 5 heteroatoms. The van der Waals surface area contributed by atoms with E-state index in [2.05, 4.69) is 22.6 Å². The lowest BCUT2D eigenvalue weighted by molar-refractivity contribution is -0.145. The summed E-state index contributed by atoms with van der Waals surface area (Å²) in [5, 5.41) is 9.68. The van der Waals surface area contributed by atoms with Crippen LogP contribution >= 0.6 is 34.2 Å². The van der Waals surface area contributed by atoms with Crippen LogP contribution in [0.2, 0.25) is 5.02 Å². The fraction of sp³-hybridized carbons (Fsp3) is 0.133. The Hall–Kier alpha value is -1.27. The number of halogens is 2. The average Bonchev–Trinajstić information content (AvgIpc) is 2.42. The molecule has 0 aliphatic heterocycles. The summed E-state index contributed by atoms with van der Waals surface area (Å²) in [6.07, 6.45) is -0.674. The van der Waals surface area contributed by atoms with Gasteiger partial charge in [0.2, 0.25) is 0 Å². The van der Waals surface area contributed by atoms with Gasteiger partial charge in [0.25, 0.3) is 0 Å². The highest BCUT2D eigenvalue weighted by molar-refractivity contribution is 14.1. The standard InChI is InChI=1S/C15H12ClIO3/c16-12-3-1-2-4-13(12)20-14(15(18)19)9-10-5-7-11(17)8-6-10/h1-8,14H,9H2,(H,18,19)/t14-/m1/s1. The first kappa shape index (κ1) is 15.1. The number of carboxylic acid groups (broad SMARTS) is 1. The number of carboxylic acids is 1. The summed E-state index contributed by atoms with van der Waals surface area (Å²) in [6, 6.07) is 14.5. The molecule has 2 aromatic carbocycles. The second-order valence-electron chi connectivity index (χ2n) is 4.21. The molecule has 0 unspecified atom stereocenters. The van der Waals surface area contributed by atoms with Crippen LogP contribution in [0.15, 0.2) is 48.5 Å². The van der Waals surface area contributed by atoms with E-state index < -0.39 is 12.1 Å². The van der Waals surface area contributed by atoms with Gasteiger partial charge in [-0.3, -0.25) is 0 Å². The van der Waals surface area contributed by atoms with E-state index in [1.807, 2.05) is 24.3 Å². The first-order chi connectivity index (χ1) is 9.56. The van der Waals surface area contributed by atoms with Gasteiger partial charge >= 0.3 is 5.97 Å². The van der Waals surface area contributed by atoms with Crippen LogP contribution in [0, 0.1) is 3.57 Å². The SMILES string of the molecule is O=C(O)[C@@H](Cc1ccc(I)cc1)Oc1ccccc1Cl. The van der Waals surface area contributed by atoms with Crippen LogP contribution in [0.3, 0.4) is 0 Å². The van der Waals surface area contributed by atoms with Crippen LogP contribution in [0.5, 0.6) is 5.75 Å². The predicted molar refractivity (Wildman–Crippen MR) is 86.4 cm³/mol. The molecule has 0 aliphatic carbocycles. The molecule has 20 heavy (non-hydrogen) atoms. The summed E-state index contributed by atoms with van der Waals surface area (Å²) >= 11 is 8.18. The van der Waals surface area contributed by atoms with E-state index in [-0.39, 0.29) is 6.42 Å². The lowest BCUT2D eigenvalue weighted by Crippen LogP contribution is -2.29. The van der Waals surface area contributed by atoms with Crippen molar-refractivity contribution in [3.05, 3.63) is 62.7 Å². The second-order valence-corrected chi connectivity index (χ2v) is 5.86. The summed E-state index contributed by atoms with van der Waals surface area (Å²) < 4.78 is 6.61. The lowest BCUT2D eigenvalue weighted by Gasteiger charge is -2.16. The Bertz CT molecular complexity index is 598. The summed E-state index contributed by atoms with van der Waals surface area (Å²) in [5.74, 6) is -0.629. The van der Waals surface area contributed by atoms with Crippen molar-refractivity contribution < 1.29 is 14.6 Å². The van der Waals surface area contributed by atoms with E-state index in [1.54, 1.807) is 24.3 Å². The molecular formula is C15H12ClIO3. The molecule has 2 aromatic rings. The average molecular weight is 403 g/mol. The molecule has 1 N–H and O–H groups in total. The van der Waals surface area contributed by atoms with Gasteiger partial charge in [0, 0.05) is 9.99 Å². The van der Waals surface area contributed by atoms with Crippen LogP contribution in [-0.2, 0) is 11.2 Å². The minimum atomic E-state index is -1.01. The van der Waals surface area contributed by atoms with Crippen molar-refractivity contribution in [2.24, 2.45) is 0 Å². The third kappa shape index (κ3) is 4.11. The second kappa shape index (κ2) is 6.95. The smallest absolute Gasteiger partial charge is 0.345 e. The third-order valence-electron chi connectivity index (χ3n) is 2.72. The van der Waals surface area contributed by atoms with Crippen molar-refractivity contribution in [1.29, 1.82) is 0 Å². The van der Waals surface area contributed by atoms with E-state index in [0.29, 0.717) is 10.8 Å². The van der Waals surface area contributed by atoms with Gasteiger partial charge in [0.15, 0.2) is 6.10 Å². The van der Waals surface area contributed by atoms with Crippen molar-refractivity contribution in [3.8, 4) is 5.75 Å². The van der Waals surface area contributed by atoms with Crippen LogP contribution in [0.25, 0.3) is 0 Å². The molecule has 0 saturated carbocycles. The highest BCUT2D eigenvalue weighted by Gasteiger charge is 2.21. The molecule has 0 heterocycles. The zero-order valence-corrected chi connectivity index (χ0v) is 13.3. The Kier molecular flexibility index (Phi) is 5.25. The van der Waals surface area contributed by atoms with Crippen molar-refractivity contribution in [1.82, 2.24) is 0 Å². The van der Waals surface area contributed by atoms with E-state index in [9.17, 15) is 9.90 Å². The quantitative estimate of drug-likeness (QED) is 0.769. The number of aliphatic carboxylic acids is 1. The van der Waals surface area contributed by atoms with Crippen molar-refractivity contribution in [3.63, 3.8) is 0 Å². The van der Waals surface area contributed by atoms with Gasteiger partial charge in [-0.15, -0.1) is 0 Å². The molecule has 3 nitrogen and oxygen atoms in total. The molecule has 0 radical (unpaired) electrons. The third-order valence-corrected chi connectivity index (χ3v) is 3.75. The number of hydrogen-bond donors (Lipinski definition) is 1. The maximum atomic E-state index is 11.3. The Morgan fingerprint density at radius 3 is 2.45 bits per heavy atom. The summed E-state index contributed by atoms with van der Waals surface area (Å²) in [6.45, 7) is 0. The molecule has 0 saturated heterocycles. The van der Waals surface area contributed by atoms with E-state index >= 15 is 0 Å². The zero-order chi connectivity index (χ0) is 14.5. The molecule has 0 bridgehead atoms. The van der Waals surface area contributed by atoms with Crippen LogP contribution in [0.1, 0.15) is 5.56 Å². The van der Waals surface area contributed by atoms with E-state index in [0.717, 1.165) is 9.13 Å². The fourth-order valence-electron chi connectivity index (χ4n) is 1.71. The highest BCUT2D eigenvalue weighted by atomic mass is 127. The van der Waals surface area contributed by atoms with Crippen LogP contribution in [0.4, 0.5) is 0 Å². The van der Waals surface area contributed by atoms with Crippen LogP contribution in [-0.4, -0.2) is 17.2 Å². The van der Waals surface area contributed by atoms with Gasteiger partial charge < -0.3 is 9.84 Å². The fourth-order valence-corrected chi connectivity index (χ4v) is 2.25. The summed E-state index contributed by atoms with van der Waals surface area (Å²) in [5.41, 5.74) is 0.907. The Labute approximate surface area is 135 Å². The van der Waals surface area contributed by atoms with E-state index in [1.165, 1.54) is 0 Å². The number of hydrogen-bond acceptors (Lipinski definition) is 2. The molecule has 0 aromatic heterocycles. The number of carbonyl (C=O) groups is 1. The number of rotatable bonds is 5. The number of benzene rings is 2. The molecule has 104 valence electrons. The van der Waals surface area contributed by atoms with Gasteiger partial charge in [0.05, 0.1) is 5.02 Å². The predicted octanol–water partition coefficient (Wildman–Crippen LogP) is 4.02. The van der Waals surface area contributed by atoms with Crippen molar-refractivity contribution in [2.45, 2.75) is 12.5 Å². The molecule has 1 atom stereocenters. The largest absolute Gasteiger partial charge is 0.478 e. The number of ether oxygens (including phenoxy) is 1.